The number of aromatic nitrogens is 3. The maximum absolute atomic E-state index is 12.6. The van der Waals surface area contributed by atoms with E-state index in [1.165, 1.54) is 0 Å². The molecule has 0 spiro atoms. The number of hydrogen-bond donors (Lipinski definition) is 0. The van der Waals surface area contributed by atoms with Crippen LogP contribution >= 0.6 is 0 Å². The van der Waals surface area contributed by atoms with Crippen molar-refractivity contribution >= 4 is 22.1 Å². The van der Waals surface area contributed by atoms with E-state index in [-0.39, 0.29) is 5.56 Å². The van der Waals surface area contributed by atoms with Crippen molar-refractivity contribution in [3.05, 3.63) is 58.0 Å². The second-order valence-corrected chi connectivity index (χ2v) is 5.57. The fraction of sp³-hybridized carbons (Fsp3) is 0.235. The molecular weight excluding hydrogens is 294 g/mol. The summed E-state index contributed by atoms with van der Waals surface area (Å²) in [4.78, 5) is 17.0. The van der Waals surface area contributed by atoms with Crippen LogP contribution in [0.25, 0.3) is 22.1 Å². The number of aryl methyl sites for hydroxylation is 3. The molecule has 0 saturated carbocycles. The lowest BCUT2D eigenvalue weighted by Gasteiger charge is -2.04. The highest BCUT2D eigenvalue weighted by Crippen LogP contribution is 2.24. The summed E-state index contributed by atoms with van der Waals surface area (Å²) in [6.45, 7) is 4.27. The van der Waals surface area contributed by atoms with Gasteiger partial charge in [0.2, 0.25) is 5.58 Å². The second-order valence-electron chi connectivity index (χ2n) is 5.57. The number of rotatable bonds is 3. The number of fused-ring (bicyclic) bond motifs is 3. The molecule has 23 heavy (non-hydrogen) atoms. The molecule has 0 amide bonds. The van der Waals surface area contributed by atoms with Gasteiger partial charge < -0.3 is 8.94 Å². The SMILES string of the molecule is Cc1noc(C)c1CCn1cnc2c(oc3ccccc32)c1=O. The van der Waals surface area contributed by atoms with E-state index in [0.717, 1.165) is 22.4 Å². The van der Waals surface area contributed by atoms with Gasteiger partial charge in [0.1, 0.15) is 16.9 Å². The first-order chi connectivity index (χ1) is 11.1. The Hall–Kier alpha value is -2.89. The molecule has 4 rings (SSSR count). The van der Waals surface area contributed by atoms with Gasteiger partial charge in [-0.15, -0.1) is 0 Å². The van der Waals surface area contributed by atoms with Gasteiger partial charge in [-0.25, -0.2) is 4.98 Å². The standard InChI is InChI=1S/C17H15N3O3/c1-10-12(11(2)23-19-10)7-8-20-9-18-15-13-5-3-4-6-14(13)22-16(15)17(20)21/h3-6,9H,7-8H2,1-2H3. The van der Waals surface area contributed by atoms with E-state index >= 15 is 0 Å². The Morgan fingerprint density at radius 1 is 1.22 bits per heavy atom. The lowest BCUT2D eigenvalue weighted by Crippen LogP contribution is -2.21. The molecule has 6 nitrogen and oxygen atoms in total. The van der Waals surface area contributed by atoms with Gasteiger partial charge in [-0.2, -0.15) is 0 Å². The summed E-state index contributed by atoms with van der Waals surface area (Å²) in [6, 6.07) is 7.52. The molecule has 0 aliphatic heterocycles. The maximum atomic E-state index is 12.6. The molecule has 3 heterocycles. The normalized spacial score (nSPS) is 11.6. The van der Waals surface area contributed by atoms with E-state index in [1.54, 1.807) is 10.9 Å². The van der Waals surface area contributed by atoms with E-state index in [2.05, 4.69) is 10.1 Å². The zero-order valence-electron chi connectivity index (χ0n) is 12.9. The number of benzene rings is 1. The molecule has 0 radical (unpaired) electrons. The molecule has 0 unspecified atom stereocenters. The van der Waals surface area contributed by atoms with Crippen LogP contribution in [0.5, 0.6) is 0 Å². The number of nitrogens with zero attached hydrogens (tertiary/aromatic N) is 3. The van der Waals surface area contributed by atoms with E-state index < -0.39 is 0 Å². The van der Waals surface area contributed by atoms with Crippen molar-refractivity contribution in [3.8, 4) is 0 Å². The molecule has 0 fully saturated rings. The van der Waals surface area contributed by atoms with Gasteiger partial charge in [0.05, 0.1) is 12.0 Å². The van der Waals surface area contributed by atoms with Gasteiger partial charge in [0, 0.05) is 17.5 Å². The monoisotopic (exact) mass is 309 g/mol. The molecule has 0 aliphatic rings. The Kier molecular flexibility index (Phi) is 3.04. The Morgan fingerprint density at radius 2 is 2.04 bits per heavy atom. The van der Waals surface area contributed by atoms with Crippen molar-refractivity contribution in [1.82, 2.24) is 14.7 Å². The first-order valence-electron chi connectivity index (χ1n) is 7.43. The van der Waals surface area contributed by atoms with Crippen LogP contribution in [-0.4, -0.2) is 14.7 Å². The van der Waals surface area contributed by atoms with Crippen LogP contribution in [0, 0.1) is 13.8 Å². The van der Waals surface area contributed by atoms with E-state index in [9.17, 15) is 4.79 Å². The third kappa shape index (κ3) is 2.14. The van der Waals surface area contributed by atoms with Gasteiger partial charge in [-0.3, -0.25) is 9.36 Å². The van der Waals surface area contributed by atoms with Crippen molar-refractivity contribution in [3.63, 3.8) is 0 Å². The van der Waals surface area contributed by atoms with E-state index in [4.69, 9.17) is 8.94 Å². The summed E-state index contributed by atoms with van der Waals surface area (Å²) >= 11 is 0. The molecule has 0 N–H and O–H groups in total. The molecule has 3 aromatic heterocycles. The number of hydrogen-bond acceptors (Lipinski definition) is 5. The number of furan rings is 1. The largest absolute Gasteiger partial charge is 0.448 e. The first kappa shape index (κ1) is 13.8. The smallest absolute Gasteiger partial charge is 0.297 e. The molecule has 0 atom stereocenters. The average Bonchev–Trinajstić information content (AvgIpc) is 3.09. The highest BCUT2D eigenvalue weighted by atomic mass is 16.5. The lowest BCUT2D eigenvalue weighted by molar-refractivity contribution is 0.392. The third-order valence-electron chi connectivity index (χ3n) is 4.13. The van der Waals surface area contributed by atoms with Crippen LogP contribution in [0.1, 0.15) is 17.0 Å². The van der Waals surface area contributed by atoms with Crippen LogP contribution in [0.2, 0.25) is 0 Å². The maximum Gasteiger partial charge on any atom is 0.297 e. The predicted octanol–water partition coefficient (Wildman–Crippen LogP) is 2.99. The van der Waals surface area contributed by atoms with E-state index in [0.29, 0.717) is 29.6 Å². The van der Waals surface area contributed by atoms with Gasteiger partial charge in [-0.05, 0) is 32.4 Å². The Bertz CT molecular complexity index is 1050. The molecule has 116 valence electrons. The molecule has 6 heteroatoms. The number of para-hydroxylation sites is 1. The van der Waals surface area contributed by atoms with Crippen molar-refractivity contribution in [1.29, 1.82) is 0 Å². The van der Waals surface area contributed by atoms with Crippen LogP contribution in [-0.2, 0) is 13.0 Å². The van der Waals surface area contributed by atoms with Crippen molar-refractivity contribution in [2.45, 2.75) is 26.8 Å². The summed E-state index contributed by atoms with van der Waals surface area (Å²) in [6.07, 6.45) is 2.24. The minimum Gasteiger partial charge on any atom is -0.448 e. The zero-order valence-corrected chi connectivity index (χ0v) is 12.9. The molecule has 4 aromatic rings. The average molecular weight is 309 g/mol. The molecule has 1 aromatic carbocycles. The molecule has 0 aliphatic carbocycles. The second kappa shape index (κ2) is 5.08. The first-order valence-corrected chi connectivity index (χ1v) is 7.43. The predicted molar refractivity (Wildman–Crippen MR) is 85.5 cm³/mol. The summed E-state index contributed by atoms with van der Waals surface area (Å²) in [5, 5.41) is 4.79. The van der Waals surface area contributed by atoms with Crippen LogP contribution in [0.15, 0.2) is 44.3 Å². The summed E-state index contributed by atoms with van der Waals surface area (Å²) in [7, 11) is 0. The van der Waals surface area contributed by atoms with Crippen molar-refractivity contribution in [2.75, 3.05) is 0 Å². The molecular formula is C17H15N3O3. The lowest BCUT2D eigenvalue weighted by atomic mass is 10.1. The molecule has 0 saturated heterocycles. The van der Waals surface area contributed by atoms with Crippen LogP contribution < -0.4 is 5.56 Å². The van der Waals surface area contributed by atoms with Crippen LogP contribution in [0.4, 0.5) is 0 Å². The van der Waals surface area contributed by atoms with Gasteiger partial charge in [0.25, 0.3) is 5.56 Å². The topological polar surface area (TPSA) is 74.1 Å². The highest BCUT2D eigenvalue weighted by Gasteiger charge is 2.14. The summed E-state index contributed by atoms with van der Waals surface area (Å²) < 4.78 is 12.4. The fourth-order valence-corrected chi connectivity index (χ4v) is 2.87. The Labute approximate surface area is 131 Å². The van der Waals surface area contributed by atoms with Crippen molar-refractivity contribution < 1.29 is 8.94 Å². The van der Waals surface area contributed by atoms with E-state index in [1.807, 2.05) is 38.1 Å². The Morgan fingerprint density at radius 3 is 2.83 bits per heavy atom. The minimum absolute atomic E-state index is 0.169. The van der Waals surface area contributed by atoms with Gasteiger partial charge >= 0.3 is 0 Å². The zero-order chi connectivity index (χ0) is 16.0. The minimum atomic E-state index is -0.169. The van der Waals surface area contributed by atoms with Gasteiger partial charge in [-0.1, -0.05) is 17.3 Å². The Balaban J connectivity index is 1.75. The van der Waals surface area contributed by atoms with Crippen LogP contribution in [0.3, 0.4) is 0 Å². The van der Waals surface area contributed by atoms with Gasteiger partial charge in [0.15, 0.2) is 0 Å². The quantitative estimate of drug-likeness (QED) is 0.581. The summed E-state index contributed by atoms with van der Waals surface area (Å²) in [5.41, 5.74) is 3.30. The summed E-state index contributed by atoms with van der Waals surface area (Å²) in [5.74, 6) is 0.785. The third-order valence-corrected chi connectivity index (χ3v) is 4.13. The fourth-order valence-electron chi connectivity index (χ4n) is 2.87. The highest BCUT2D eigenvalue weighted by molar-refractivity contribution is 6.01. The molecule has 0 bridgehead atoms. The van der Waals surface area contributed by atoms with Crippen molar-refractivity contribution in [2.24, 2.45) is 0 Å².